The molecule has 0 saturated carbocycles. The van der Waals surface area contributed by atoms with E-state index in [9.17, 15) is 35.4 Å². The number of piperidine rings is 3. The van der Waals surface area contributed by atoms with Crippen molar-refractivity contribution in [3.8, 4) is 33.8 Å². The molecular weight excluding hydrogens is 1500 g/mol. The molecule has 3 fully saturated rings. The molecule has 32 heteroatoms. The van der Waals surface area contributed by atoms with Gasteiger partial charge in [0.15, 0.2) is 0 Å². The summed E-state index contributed by atoms with van der Waals surface area (Å²) in [6.45, 7) is 7.47. The molecule has 10 heterocycles. The molecule has 0 spiro atoms. The summed E-state index contributed by atoms with van der Waals surface area (Å²) in [6.07, 6.45) is 15.3. The van der Waals surface area contributed by atoms with Gasteiger partial charge in [0, 0.05) is 75.5 Å². The molecule has 592 valence electrons. The molecule has 4 aliphatic heterocycles. The van der Waals surface area contributed by atoms with E-state index in [4.69, 9.17) is 27.4 Å². The number of aromatic nitrogens is 9. The Labute approximate surface area is 662 Å². The molecule has 10 N–H and O–H groups in total. The molecule has 12 aromatic rings. The van der Waals surface area contributed by atoms with E-state index in [0.717, 1.165) is 151 Å². The van der Waals surface area contributed by atoms with Gasteiger partial charge in [0.1, 0.15) is 0 Å². The van der Waals surface area contributed by atoms with Gasteiger partial charge < -0.3 is 33.2 Å². The summed E-state index contributed by atoms with van der Waals surface area (Å²) in [5.74, 6) is 5.86. The first-order chi connectivity index (χ1) is 54.6. The van der Waals surface area contributed by atoms with Crippen LogP contribution in [0.3, 0.4) is 0 Å². The van der Waals surface area contributed by atoms with Gasteiger partial charge in [0.05, 0.1) is 90.1 Å². The Morgan fingerprint density at radius 3 is 1.22 bits per heavy atom. The quantitative estimate of drug-likeness (QED) is 0.0293. The highest BCUT2D eigenvalue weighted by Gasteiger charge is 2.29. The maximum absolute atomic E-state index is 12.6. The van der Waals surface area contributed by atoms with E-state index in [1.807, 2.05) is 99.9 Å². The number of benzene rings is 6. The second kappa shape index (κ2) is 34.0. The van der Waals surface area contributed by atoms with Crippen LogP contribution >= 0.6 is 0 Å². The zero-order valence-corrected chi connectivity index (χ0v) is 66.4. The van der Waals surface area contributed by atoms with Gasteiger partial charge in [-0.15, -0.1) is 15.3 Å². The Morgan fingerprint density at radius 2 is 0.833 bits per heavy atom. The van der Waals surface area contributed by atoms with Gasteiger partial charge in [-0.1, -0.05) is 78.9 Å². The molecule has 6 aromatic heterocycles. The summed E-state index contributed by atoms with van der Waals surface area (Å²) in [6, 6.07) is 57.6. The molecule has 1 atom stereocenters. The van der Waals surface area contributed by atoms with Crippen LogP contribution in [0, 0.1) is 0 Å². The van der Waals surface area contributed by atoms with Gasteiger partial charge >= 0.3 is 0 Å². The first-order valence-corrected chi connectivity index (χ1v) is 43.5. The van der Waals surface area contributed by atoms with Crippen molar-refractivity contribution in [1.82, 2.24) is 62.8 Å². The van der Waals surface area contributed by atoms with Crippen LogP contribution in [0.1, 0.15) is 84.1 Å². The molecule has 114 heavy (non-hydrogen) atoms. The number of primary amides is 3. The molecular formula is C82H93N21O8S3. The molecule has 16 rings (SSSR count). The van der Waals surface area contributed by atoms with Crippen LogP contribution in [0.15, 0.2) is 195 Å². The standard InChI is InChI=1S/C29H33N7O2S.C27H31N7O3S.C26H29N7O3S/c1-39(2,38)35-17-22-4-3-5-25(26(22)18-35)27-11-10-24-16-31-29(33-36(24)27)32-23-8-6-20(7-9-23)21-12-14-34(15-13-21)19-28(30)37;1-32(38(2,36)37)23-5-3-4-21(16-23)25-11-10-24-17-29-27(31-34(24)25)30-22-8-6-19(7-9-22)20-12-14-33(15-13-20)18-26(28)35;1-37(35,36)31-22-4-2-3-20(15-22)24-10-9-23-16-28-26(30-33(23)24)29-21-7-5-18(6-8-21)19-11-13-32(14-12-19)17-25(27)34/h3-11,16,21H,1,12-15,17-19H2,2H3,(H2,30,37)(H,32,33);3-11,16-17,20H,12-15,18H2,1-2H3,(H2,28,35)(H,30,31);2-10,15-16,19,31H,11-14,17H2,1H3,(H2,27,34)(H,29,30). The fourth-order valence-electron chi connectivity index (χ4n) is 15.3. The lowest BCUT2D eigenvalue weighted by molar-refractivity contribution is -0.120. The number of sulfonamides is 2. The number of anilines is 8. The summed E-state index contributed by atoms with van der Waals surface area (Å²) in [5.41, 5.74) is 33.8. The van der Waals surface area contributed by atoms with Crippen molar-refractivity contribution in [1.29, 1.82) is 0 Å². The maximum atomic E-state index is 12.6. The minimum atomic E-state index is -3.38. The monoisotopic (exact) mass is 1600 g/mol. The van der Waals surface area contributed by atoms with Crippen molar-refractivity contribution in [2.45, 2.75) is 69.4 Å². The van der Waals surface area contributed by atoms with Crippen LogP contribution < -0.4 is 42.2 Å². The second-order valence-electron chi connectivity index (χ2n) is 29.6. The molecule has 0 radical (unpaired) electrons. The summed E-state index contributed by atoms with van der Waals surface area (Å²) < 4.78 is 71.0. The molecule has 4 aliphatic rings. The zero-order chi connectivity index (χ0) is 80.0. The highest BCUT2D eigenvalue weighted by Crippen LogP contribution is 2.37. The van der Waals surface area contributed by atoms with E-state index in [2.05, 4.69) is 128 Å². The number of nitrogens with one attached hydrogen (secondary N) is 4. The lowest BCUT2D eigenvalue weighted by Crippen LogP contribution is -2.39. The SMILES string of the molecule is C=S(C)(=O)N1Cc2cccc(-c3ccc4cnc(Nc5ccc(C6CCN(CC(N)=O)CC6)cc5)nn34)c2C1.CN(c1cccc(-c2ccc3cnc(Nc4ccc(C5CCN(CC(N)=O)CC5)cc4)nn23)c1)S(C)(=O)=O.CS(=O)(=O)Nc1cccc(-c2ccc3cnc(Nc4ccc(C5CCN(CC(N)=O)CC5)cc4)nn23)c1. The zero-order valence-electron chi connectivity index (χ0n) is 63.9. The van der Waals surface area contributed by atoms with Gasteiger partial charge in [-0.2, -0.15) is 0 Å². The third kappa shape index (κ3) is 19.5. The number of rotatable bonds is 23. The van der Waals surface area contributed by atoms with Gasteiger partial charge in [0.25, 0.3) is 0 Å². The predicted molar refractivity (Wildman–Crippen MR) is 449 cm³/mol. The van der Waals surface area contributed by atoms with Crippen LogP contribution in [-0.2, 0) is 57.2 Å². The van der Waals surface area contributed by atoms with Crippen LogP contribution in [-0.4, -0.2) is 192 Å². The molecule has 1 unspecified atom stereocenters. The van der Waals surface area contributed by atoms with Crippen molar-refractivity contribution in [3.05, 3.63) is 222 Å². The molecule has 29 nitrogen and oxygen atoms in total. The smallest absolute Gasteiger partial charge is 0.245 e. The molecule has 3 amide bonds. The van der Waals surface area contributed by atoms with Crippen LogP contribution in [0.5, 0.6) is 0 Å². The summed E-state index contributed by atoms with van der Waals surface area (Å²) in [5, 5.41) is 24.1. The lowest BCUT2D eigenvalue weighted by atomic mass is 9.89. The Morgan fingerprint density at radius 1 is 0.456 bits per heavy atom. The van der Waals surface area contributed by atoms with E-state index in [-0.39, 0.29) is 17.7 Å². The number of fused-ring (bicyclic) bond motifs is 4. The Balaban J connectivity index is 0.000000142. The first kappa shape index (κ1) is 79.0. The fraction of sp³-hybridized carbons (Fsp3) is 0.293. The number of carbonyl (C=O) groups is 3. The minimum absolute atomic E-state index is 0.266. The Bertz CT molecular complexity index is 5860. The fourth-order valence-corrected chi connectivity index (χ4v) is 17.1. The number of likely N-dealkylation sites (tertiary alicyclic amines) is 3. The van der Waals surface area contributed by atoms with E-state index in [0.29, 0.717) is 79.7 Å². The van der Waals surface area contributed by atoms with Gasteiger partial charge in [-0.25, -0.2) is 49.6 Å². The number of nitrogens with zero attached hydrogens (tertiary/aromatic N) is 14. The highest BCUT2D eigenvalue weighted by molar-refractivity contribution is 7.97. The van der Waals surface area contributed by atoms with Crippen LogP contribution in [0.25, 0.3) is 50.3 Å². The van der Waals surface area contributed by atoms with E-state index < -0.39 is 29.8 Å². The lowest BCUT2D eigenvalue weighted by Gasteiger charge is -2.31. The average molecular weight is 1600 g/mol. The first-order valence-electron chi connectivity index (χ1n) is 37.6. The normalized spacial score (nSPS) is 16.1. The topological polar surface area (TPSA) is 370 Å². The van der Waals surface area contributed by atoms with Gasteiger partial charge in [-0.3, -0.25) is 42.3 Å². The second-order valence-corrected chi connectivity index (χ2v) is 35.8. The highest BCUT2D eigenvalue weighted by atomic mass is 32.2. The Hall–Kier alpha value is -11.7. The van der Waals surface area contributed by atoms with Crippen LogP contribution in [0.2, 0.25) is 0 Å². The van der Waals surface area contributed by atoms with Crippen LogP contribution in [0.4, 0.5) is 46.3 Å². The third-order valence-electron chi connectivity index (χ3n) is 21.3. The van der Waals surface area contributed by atoms with E-state index in [1.165, 1.54) is 45.4 Å². The minimum Gasteiger partial charge on any atom is -0.369 e. The van der Waals surface area contributed by atoms with Crippen molar-refractivity contribution in [2.24, 2.45) is 17.2 Å². The number of carbonyl (C=O) groups excluding carboxylic acids is 3. The van der Waals surface area contributed by atoms with E-state index >= 15 is 0 Å². The molecule has 6 aromatic carbocycles. The summed E-state index contributed by atoms with van der Waals surface area (Å²) in [4.78, 5) is 53.3. The molecule has 0 bridgehead atoms. The number of hydrogen-bond acceptors (Lipinski definition) is 20. The van der Waals surface area contributed by atoms with E-state index in [1.54, 1.807) is 51.9 Å². The maximum Gasteiger partial charge on any atom is 0.245 e. The Kier molecular flexibility index (Phi) is 23.5. The van der Waals surface area contributed by atoms with Gasteiger partial charge in [0.2, 0.25) is 55.6 Å². The largest absolute Gasteiger partial charge is 0.369 e. The summed E-state index contributed by atoms with van der Waals surface area (Å²) in [7, 11) is -7.50. The van der Waals surface area contributed by atoms with Crippen molar-refractivity contribution >= 4 is 116 Å². The predicted octanol–water partition coefficient (Wildman–Crippen LogP) is 9.76. The molecule has 0 aliphatic carbocycles. The third-order valence-corrected chi connectivity index (χ3v) is 24.4. The van der Waals surface area contributed by atoms with Crippen molar-refractivity contribution < 1.29 is 35.4 Å². The summed E-state index contributed by atoms with van der Waals surface area (Å²) >= 11 is 0. The molecule has 3 saturated heterocycles. The average Bonchev–Trinajstić information content (AvgIpc) is 1.62. The number of hydrogen-bond donors (Lipinski definition) is 7. The van der Waals surface area contributed by atoms with Crippen molar-refractivity contribution in [2.75, 3.05) is 110 Å². The number of amides is 3. The van der Waals surface area contributed by atoms with Gasteiger partial charge in [-0.05, 0) is 226 Å². The number of nitrogens with two attached hydrogens (primary N) is 3. The van der Waals surface area contributed by atoms with Crippen molar-refractivity contribution in [3.63, 3.8) is 0 Å².